The fraction of sp³-hybridized carbons (Fsp3) is 0.333. The lowest BCUT2D eigenvalue weighted by atomic mass is 10.1. The highest BCUT2D eigenvalue weighted by Gasteiger charge is 2.24. The van der Waals surface area contributed by atoms with E-state index in [2.05, 4.69) is 54.6 Å². The molecule has 1 atom stereocenters. The summed E-state index contributed by atoms with van der Waals surface area (Å²) in [5, 5.41) is 3.63. The molecule has 19 heavy (non-hydrogen) atoms. The van der Waals surface area contributed by atoms with E-state index >= 15 is 0 Å². The summed E-state index contributed by atoms with van der Waals surface area (Å²) in [6.45, 7) is 0. The molecule has 2 aromatic rings. The monoisotopic (exact) mass is 292 g/mol. The van der Waals surface area contributed by atoms with E-state index in [0.29, 0.717) is 6.04 Å². The van der Waals surface area contributed by atoms with Gasteiger partial charge in [0.05, 0.1) is 10.4 Å². The molecule has 0 bridgehead atoms. The van der Waals surface area contributed by atoms with E-state index in [-0.39, 0.29) is 0 Å². The highest BCUT2D eigenvalue weighted by atomic mass is 35.5. The van der Waals surface area contributed by atoms with Crippen LogP contribution in [0, 0.1) is 0 Å². The van der Waals surface area contributed by atoms with Crippen LogP contribution < -0.4 is 10.2 Å². The molecule has 0 saturated heterocycles. The van der Waals surface area contributed by atoms with Gasteiger partial charge in [-0.05, 0) is 42.7 Å². The molecule has 0 fully saturated rings. The number of halogens is 1. The molecule has 1 aromatic heterocycles. The number of rotatable bonds is 3. The standard InChI is InChI=1S/C15H17ClN2S/c1-18(2)11-5-3-4-10(8-11)17-13-6-7-14-12(13)9-15(16)19-14/h3-5,8-9,13,17H,6-7H2,1-2H3. The van der Waals surface area contributed by atoms with Gasteiger partial charge in [0.2, 0.25) is 0 Å². The van der Waals surface area contributed by atoms with Crippen LogP contribution in [0.15, 0.2) is 30.3 Å². The first-order chi connectivity index (χ1) is 9.13. The molecule has 1 aliphatic carbocycles. The van der Waals surface area contributed by atoms with Gasteiger partial charge in [0, 0.05) is 30.3 Å². The SMILES string of the molecule is CN(C)c1cccc(NC2CCc3sc(Cl)cc32)c1. The van der Waals surface area contributed by atoms with E-state index in [1.165, 1.54) is 21.8 Å². The highest BCUT2D eigenvalue weighted by molar-refractivity contribution is 7.16. The molecular weight excluding hydrogens is 276 g/mol. The molecule has 4 heteroatoms. The smallest absolute Gasteiger partial charge is 0.0934 e. The second-order valence-electron chi connectivity index (χ2n) is 5.11. The molecule has 1 N–H and O–H groups in total. The van der Waals surface area contributed by atoms with Crippen molar-refractivity contribution in [2.75, 3.05) is 24.3 Å². The maximum atomic E-state index is 6.10. The first-order valence-electron chi connectivity index (χ1n) is 6.45. The fourth-order valence-corrected chi connectivity index (χ4v) is 3.91. The van der Waals surface area contributed by atoms with Gasteiger partial charge >= 0.3 is 0 Å². The van der Waals surface area contributed by atoms with Gasteiger partial charge in [-0.3, -0.25) is 0 Å². The Morgan fingerprint density at radius 1 is 1.32 bits per heavy atom. The predicted octanol–water partition coefficient (Wildman–Crippen LogP) is 4.57. The molecule has 3 rings (SSSR count). The van der Waals surface area contributed by atoms with Crippen LogP contribution in [0.1, 0.15) is 22.9 Å². The van der Waals surface area contributed by atoms with Gasteiger partial charge in [-0.1, -0.05) is 17.7 Å². The van der Waals surface area contributed by atoms with Crippen LogP contribution >= 0.6 is 22.9 Å². The zero-order chi connectivity index (χ0) is 13.4. The zero-order valence-corrected chi connectivity index (χ0v) is 12.7. The second kappa shape index (κ2) is 5.06. The molecule has 0 spiro atoms. The average molecular weight is 293 g/mol. The Balaban J connectivity index is 1.81. The van der Waals surface area contributed by atoms with E-state index in [0.717, 1.165) is 17.2 Å². The number of hydrogen-bond donors (Lipinski definition) is 1. The average Bonchev–Trinajstić information content (AvgIpc) is 2.91. The van der Waals surface area contributed by atoms with Crippen LogP contribution in [0.25, 0.3) is 0 Å². The largest absolute Gasteiger partial charge is 0.378 e. The summed E-state index contributed by atoms with van der Waals surface area (Å²) in [7, 11) is 4.12. The van der Waals surface area contributed by atoms with Crippen molar-refractivity contribution >= 4 is 34.3 Å². The predicted molar refractivity (Wildman–Crippen MR) is 84.8 cm³/mol. The third-order valence-electron chi connectivity index (χ3n) is 3.55. The van der Waals surface area contributed by atoms with Crippen molar-refractivity contribution in [3.05, 3.63) is 45.1 Å². The summed E-state index contributed by atoms with van der Waals surface area (Å²) < 4.78 is 0.901. The van der Waals surface area contributed by atoms with Crippen LogP contribution in [-0.2, 0) is 6.42 Å². The van der Waals surface area contributed by atoms with Crippen molar-refractivity contribution in [1.29, 1.82) is 0 Å². The first kappa shape index (κ1) is 12.8. The molecule has 0 amide bonds. The summed E-state index contributed by atoms with van der Waals surface area (Å²) in [6.07, 6.45) is 2.29. The number of thiophene rings is 1. The number of aryl methyl sites for hydroxylation is 1. The summed E-state index contributed by atoms with van der Waals surface area (Å²) in [4.78, 5) is 3.55. The van der Waals surface area contributed by atoms with Crippen molar-refractivity contribution in [3.63, 3.8) is 0 Å². The van der Waals surface area contributed by atoms with Crippen molar-refractivity contribution in [1.82, 2.24) is 0 Å². The van der Waals surface area contributed by atoms with Gasteiger partial charge in [-0.2, -0.15) is 0 Å². The Kier molecular flexibility index (Phi) is 3.42. The Morgan fingerprint density at radius 3 is 2.95 bits per heavy atom. The van der Waals surface area contributed by atoms with Gasteiger partial charge in [-0.25, -0.2) is 0 Å². The van der Waals surface area contributed by atoms with E-state index < -0.39 is 0 Å². The quantitative estimate of drug-likeness (QED) is 0.891. The summed E-state index contributed by atoms with van der Waals surface area (Å²) in [5.41, 5.74) is 3.77. The minimum atomic E-state index is 0.399. The zero-order valence-electron chi connectivity index (χ0n) is 11.1. The van der Waals surface area contributed by atoms with Gasteiger partial charge in [0.1, 0.15) is 0 Å². The summed E-state index contributed by atoms with van der Waals surface area (Å²) in [5.74, 6) is 0. The first-order valence-corrected chi connectivity index (χ1v) is 7.65. The molecule has 100 valence electrons. The van der Waals surface area contributed by atoms with Crippen LogP contribution in [0.4, 0.5) is 11.4 Å². The second-order valence-corrected chi connectivity index (χ2v) is 6.88. The van der Waals surface area contributed by atoms with E-state index in [1.54, 1.807) is 11.3 Å². The molecule has 1 heterocycles. The lowest BCUT2D eigenvalue weighted by molar-refractivity contribution is 0.762. The number of benzene rings is 1. The van der Waals surface area contributed by atoms with Crippen molar-refractivity contribution < 1.29 is 0 Å². The van der Waals surface area contributed by atoms with Gasteiger partial charge < -0.3 is 10.2 Å². The third-order valence-corrected chi connectivity index (χ3v) is 4.89. The number of nitrogens with zero attached hydrogens (tertiary/aromatic N) is 1. The number of nitrogens with one attached hydrogen (secondary N) is 1. The molecule has 1 unspecified atom stereocenters. The Hall–Kier alpha value is -1.19. The highest BCUT2D eigenvalue weighted by Crippen LogP contribution is 2.41. The maximum Gasteiger partial charge on any atom is 0.0934 e. The number of anilines is 2. The summed E-state index contributed by atoms with van der Waals surface area (Å²) >= 11 is 7.81. The topological polar surface area (TPSA) is 15.3 Å². The molecule has 0 radical (unpaired) electrons. The van der Waals surface area contributed by atoms with Crippen molar-refractivity contribution in [3.8, 4) is 0 Å². The Morgan fingerprint density at radius 2 is 2.16 bits per heavy atom. The minimum absolute atomic E-state index is 0.399. The van der Waals surface area contributed by atoms with E-state index in [4.69, 9.17) is 11.6 Å². The molecule has 2 nitrogen and oxygen atoms in total. The fourth-order valence-electron chi connectivity index (χ4n) is 2.56. The number of fused-ring (bicyclic) bond motifs is 1. The van der Waals surface area contributed by atoms with Gasteiger partial charge in [-0.15, -0.1) is 11.3 Å². The van der Waals surface area contributed by atoms with E-state index in [9.17, 15) is 0 Å². The van der Waals surface area contributed by atoms with Crippen LogP contribution in [-0.4, -0.2) is 14.1 Å². The van der Waals surface area contributed by atoms with Crippen molar-refractivity contribution in [2.24, 2.45) is 0 Å². The summed E-state index contributed by atoms with van der Waals surface area (Å²) in [6, 6.07) is 11.0. The van der Waals surface area contributed by atoms with Crippen LogP contribution in [0.3, 0.4) is 0 Å². The molecule has 1 aromatic carbocycles. The third kappa shape index (κ3) is 2.58. The van der Waals surface area contributed by atoms with E-state index in [1.807, 2.05) is 0 Å². The Bertz CT molecular complexity index is 592. The Labute approximate surface area is 123 Å². The van der Waals surface area contributed by atoms with Gasteiger partial charge in [0.15, 0.2) is 0 Å². The lowest BCUT2D eigenvalue weighted by Gasteiger charge is -2.18. The minimum Gasteiger partial charge on any atom is -0.378 e. The molecule has 0 aliphatic heterocycles. The molecule has 1 aliphatic rings. The van der Waals surface area contributed by atoms with Crippen LogP contribution in [0.2, 0.25) is 4.34 Å². The maximum absolute atomic E-state index is 6.10. The van der Waals surface area contributed by atoms with Crippen LogP contribution in [0.5, 0.6) is 0 Å². The normalized spacial score (nSPS) is 17.3. The molecule has 0 saturated carbocycles. The number of hydrogen-bond acceptors (Lipinski definition) is 3. The molecular formula is C15H17ClN2S. The van der Waals surface area contributed by atoms with Crippen molar-refractivity contribution in [2.45, 2.75) is 18.9 Å². The van der Waals surface area contributed by atoms with Gasteiger partial charge in [0.25, 0.3) is 0 Å². The lowest BCUT2D eigenvalue weighted by Crippen LogP contribution is -2.10.